The number of Topliss-reactive ketones (excluding diaryl/α,β-unsaturated/α-hetero) is 1. The van der Waals surface area contributed by atoms with Gasteiger partial charge in [0.05, 0.1) is 12.2 Å². The van der Waals surface area contributed by atoms with Gasteiger partial charge in [0.2, 0.25) is 0 Å². The quantitative estimate of drug-likeness (QED) is 0.734. The number of rotatable bonds is 4. The van der Waals surface area contributed by atoms with E-state index >= 15 is 0 Å². The van der Waals surface area contributed by atoms with Crippen LogP contribution in [0.25, 0.3) is 0 Å². The van der Waals surface area contributed by atoms with Crippen molar-refractivity contribution < 1.29 is 18.7 Å². The molecule has 2 aliphatic rings. The Kier molecular flexibility index (Phi) is 5.37. The van der Waals surface area contributed by atoms with E-state index < -0.39 is 11.9 Å². The van der Waals surface area contributed by atoms with Gasteiger partial charge in [-0.25, -0.2) is 9.18 Å². The summed E-state index contributed by atoms with van der Waals surface area (Å²) in [5.41, 5.74) is 3.25. The maximum absolute atomic E-state index is 13.5. The first-order valence-electron chi connectivity index (χ1n) is 9.69. The molecule has 6 heteroatoms. The molecule has 4 rings (SSSR count). The number of benzene rings is 1. The zero-order valence-electron chi connectivity index (χ0n) is 16.3. The zero-order chi connectivity index (χ0) is 20.5. The number of ether oxygens (including phenoxy) is 1. The van der Waals surface area contributed by atoms with E-state index in [0.717, 1.165) is 5.70 Å². The van der Waals surface area contributed by atoms with Crippen LogP contribution in [0.1, 0.15) is 49.0 Å². The summed E-state index contributed by atoms with van der Waals surface area (Å²) < 4.78 is 18.8. The molecule has 1 aromatic heterocycles. The highest BCUT2D eigenvalue weighted by Gasteiger charge is 2.41. The Bertz CT molecular complexity index is 1010. The van der Waals surface area contributed by atoms with Gasteiger partial charge < -0.3 is 10.1 Å². The summed E-state index contributed by atoms with van der Waals surface area (Å²) in [6, 6.07) is 10.0. The fraction of sp³-hybridized carbons (Fsp3) is 0.304. The molecule has 0 bridgehead atoms. The number of thiophene rings is 1. The third-order valence-corrected chi connectivity index (χ3v) is 6.51. The predicted molar refractivity (Wildman–Crippen MR) is 110 cm³/mol. The standard InChI is InChI=1S/C23H22FNO3S/c1-3-28-23(27)20-13(2)25-17-11-15(19-5-4-10-29-19)12-18(26)22(17)21(20)14-6-8-16(24)9-7-14/h4-10,15,21,25H,3,11-12H2,1-2H3/t15-,21+/m0/s1. The molecule has 29 heavy (non-hydrogen) atoms. The van der Waals surface area contributed by atoms with Crippen LogP contribution < -0.4 is 5.32 Å². The van der Waals surface area contributed by atoms with Crippen LogP contribution in [0, 0.1) is 5.82 Å². The summed E-state index contributed by atoms with van der Waals surface area (Å²) in [6.45, 7) is 3.82. The molecule has 0 saturated heterocycles. The van der Waals surface area contributed by atoms with Crippen molar-refractivity contribution >= 4 is 23.1 Å². The molecule has 0 amide bonds. The van der Waals surface area contributed by atoms with E-state index in [1.807, 2.05) is 18.4 Å². The van der Waals surface area contributed by atoms with Crippen molar-refractivity contribution in [3.63, 3.8) is 0 Å². The second-order valence-electron chi connectivity index (χ2n) is 7.30. The molecule has 1 aliphatic carbocycles. The first-order chi connectivity index (χ1) is 14.0. The van der Waals surface area contributed by atoms with E-state index in [1.54, 1.807) is 30.4 Å². The molecular weight excluding hydrogens is 389 g/mol. The number of halogens is 1. The maximum Gasteiger partial charge on any atom is 0.336 e. The fourth-order valence-electron chi connectivity index (χ4n) is 4.23. The van der Waals surface area contributed by atoms with Crippen molar-refractivity contribution in [2.75, 3.05) is 6.61 Å². The van der Waals surface area contributed by atoms with Gasteiger partial charge >= 0.3 is 5.97 Å². The number of carbonyl (C=O) groups excluding carboxylic acids is 2. The van der Waals surface area contributed by atoms with Gasteiger partial charge in [-0.2, -0.15) is 0 Å². The largest absolute Gasteiger partial charge is 0.463 e. The molecule has 0 spiro atoms. The van der Waals surface area contributed by atoms with E-state index in [4.69, 9.17) is 4.74 Å². The van der Waals surface area contributed by atoms with Crippen LogP contribution in [0.2, 0.25) is 0 Å². The van der Waals surface area contributed by atoms with E-state index in [0.29, 0.717) is 35.2 Å². The van der Waals surface area contributed by atoms with Gasteiger partial charge in [-0.05, 0) is 49.4 Å². The summed E-state index contributed by atoms with van der Waals surface area (Å²) in [6.07, 6.45) is 1.10. The lowest BCUT2D eigenvalue weighted by molar-refractivity contribution is -0.138. The molecule has 150 valence electrons. The van der Waals surface area contributed by atoms with Crippen molar-refractivity contribution in [1.29, 1.82) is 0 Å². The summed E-state index contributed by atoms with van der Waals surface area (Å²) in [7, 11) is 0. The van der Waals surface area contributed by atoms with Crippen molar-refractivity contribution in [2.24, 2.45) is 0 Å². The molecule has 0 unspecified atom stereocenters. The molecule has 2 atom stereocenters. The van der Waals surface area contributed by atoms with E-state index in [2.05, 4.69) is 11.4 Å². The Morgan fingerprint density at radius 3 is 2.66 bits per heavy atom. The summed E-state index contributed by atoms with van der Waals surface area (Å²) >= 11 is 1.65. The maximum atomic E-state index is 13.5. The lowest BCUT2D eigenvalue weighted by Gasteiger charge is -2.36. The normalized spacial score (nSPS) is 21.7. The van der Waals surface area contributed by atoms with Gasteiger partial charge in [-0.1, -0.05) is 18.2 Å². The Morgan fingerprint density at radius 1 is 1.24 bits per heavy atom. The monoisotopic (exact) mass is 411 g/mol. The minimum Gasteiger partial charge on any atom is -0.463 e. The van der Waals surface area contributed by atoms with E-state index in [9.17, 15) is 14.0 Å². The number of dihydropyridines is 1. The number of hydrogen-bond donors (Lipinski definition) is 1. The van der Waals surface area contributed by atoms with Gasteiger partial charge in [0.25, 0.3) is 0 Å². The van der Waals surface area contributed by atoms with Crippen molar-refractivity contribution in [3.8, 4) is 0 Å². The molecule has 2 aromatic rings. The van der Waals surface area contributed by atoms with Gasteiger partial charge in [0.1, 0.15) is 5.82 Å². The topological polar surface area (TPSA) is 55.4 Å². The second kappa shape index (κ2) is 7.95. The van der Waals surface area contributed by atoms with Gasteiger partial charge in [0, 0.05) is 40.1 Å². The molecule has 1 aromatic carbocycles. The van der Waals surface area contributed by atoms with Crippen LogP contribution in [-0.4, -0.2) is 18.4 Å². The Hall–Kier alpha value is -2.73. The Balaban J connectivity index is 1.81. The third kappa shape index (κ3) is 3.65. The number of hydrogen-bond acceptors (Lipinski definition) is 5. The molecular formula is C23H22FNO3S. The molecule has 0 fully saturated rings. The molecule has 4 nitrogen and oxygen atoms in total. The van der Waals surface area contributed by atoms with Crippen LogP contribution in [0.3, 0.4) is 0 Å². The number of allylic oxidation sites excluding steroid dienone is 3. The third-order valence-electron chi connectivity index (χ3n) is 5.47. The Morgan fingerprint density at radius 2 is 2.00 bits per heavy atom. The van der Waals surface area contributed by atoms with Crippen LogP contribution in [-0.2, 0) is 14.3 Å². The van der Waals surface area contributed by atoms with Crippen LogP contribution in [0.15, 0.2) is 64.3 Å². The molecule has 2 heterocycles. The lowest BCUT2D eigenvalue weighted by Crippen LogP contribution is -2.36. The summed E-state index contributed by atoms with van der Waals surface area (Å²) in [4.78, 5) is 27.2. The SMILES string of the molecule is CCOC(=O)C1=C(C)NC2=C(C(=O)C[C@@H](c3cccs3)C2)[C@@H]1c1ccc(F)cc1. The minimum absolute atomic E-state index is 0.0146. The van der Waals surface area contributed by atoms with Crippen LogP contribution >= 0.6 is 11.3 Å². The molecule has 1 aliphatic heterocycles. The summed E-state index contributed by atoms with van der Waals surface area (Å²) in [5.74, 6) is -1.22. The Labute approximate surface area is 173 Å². The summed E-state index contributed by atoms with van der Waals surface area (Å²) in [5, 5.41) is 5.33. The van der Waals surface area contributed by atoms with Gasteiger partial charge in [-0.3, -0.25) is 4.79 Å². The predicted octanol–water partition coefficient (Wildman–Crippen LogP) is 4.81. The van der Waals surface area contributed by atoms with Crippen LogP contribution in [0.5, 0.6) is 0 Å². The minimum atomic E-state index is -0.553. The highest BCUT2D eigenvalue weighted by atomic mass is 32.1. The number of carbonyl (C=O) groups is 2. The average Bonchev–Trinajstić information content (AvgIpc) is 3.22. The smallest absolute Gasteiger partial charge is 0.336 e. The molecule has 0 radical (unpaired) electrons. The van der Waals surface area contributed by atoms with Gasteiger partial charge in [0.15, 0.2) is 5.78 Å². The number of esters is 1. The second-order valence-corrected chi connectivity index (χ2v) is 8.28. The number of ketones is 1. The van der Waals surface area contributed by atoms with E-state index in [-0.39, 0.29) is 24.1 Å². The van der Waals surface area contributed by atoms with Gasteiger partial charge in [-0.15, -0.1) is 11.3 Å². The first kappa shape index (κ1) is 19.6. The van der Waals surface area contributed by atoms with Crippen molar-refractivity contribution in [3.05, 3.63) is 80.6 Å². The van der Waals surface area contributed by atoms with Crippen molar-refractivity contribution in [2.45, 2.75) is 38.5 Å². The number of nitrogens with one attached hydrogen (secondary N) is 1. The van der Waals surface area contributed by atoms with Crippen LogP contribution in [0.4, 0.5) is 4.39 Å². The highest BCUT2D eigenvalue weighted by Crippen LogP contribution is 2.46. The zero-order valence-corrected chi connectivity index (χ0v) is 17.1. The average molecular weight is 411 g/mol. The van der Waals surface area contributed by atoms with Crippen molar-refractivity contribution in [1.82, 2.24) is 5.32 Å². The molecule has 1 N–H and O–H groups in total. The van der Waals surface area contributed by atoms with E-state index in [1.165, 1.54) is 17.0 Å². The highest BCUT2D eigenvalue weighted by molar-refractivity contribution is 7.10. The molecule has 0 saturated carbocycles. The lowest BCUT2D eigenvalue weighted by atomic mass is 9.72. The first-order valence-corrected chi connectivity index (χ1v) is 10.6. The fourth-order valence-corrected chi connectivity index (χ4v) is 5.06.